The predicted molar refractivity (Wildman–Crippen MR) is 66.2 cm³/mol. The third-order valence-electron chi connectivity index (χ3n) is 2.77. The number of hydrogen-bond acceptors (Lipinski definition) is 2. The van der Waals surface area contributed by atoms with Crippen LogP contribution in [0.2, 0.25) is 0 Å². The first-order valence-corrected chi connectivity index (χ1v) is 5.73. The Morgan fingerprint density at radius 3 is 1.88 bits per heavy atom. The van der Waals surface area contributed by atoms with Crippen molar-refractivity contribution in [1.82, 2.24) is 0 Å². The molecule has 2 nitrogen and oxygen atoms in total. The molecule has 1 aromatic carbocycles. The molecule has 0 fully saturated rings. The third kappa shape index (κ3) is 3.04. The van der Waals surface area contributed by atoms with Crippen molar-refractivity contribution in [1.29, 1.82) is 0 Å². The van der Waals surface area contributed by atoms with E-state index in [1.807, 2.05) is 0 Å². The van der Waals surface area contributed by atoms with Gasteiger partial charge >= 0.3 is 0 Å². The molecule has 1 atom stereocenters. The van der Waals surface area contributed by atoms with Crippen molar-refractivity contribution in [2.45, 2.75) is 39.7 Å². The van der Waals surface area contributed by atoms with E-state index in [0.717, 1.165) is 5.56 Å². The summed E-state index contributed by atoms with van der Waals surface area (Å²) in [5, 5.41) is 0. The molecule has 0 aliphatic heterocycles. The van der Waals surface area contributed by atoms with Crippen molar-refractivity contribution in [3.05, 3.63) is 35.4 Å². The molecule has 0 bridgehead atoms. The van der Waals surface area contributed by atoms with E-state index in [1.54, 1.807) is 6.08 Å². The fraction of sp³-hybridized carbons (Fsp3) is 0.500. The first kappa shape index (κ1) is 12.7. The standard InChI is InChI=1S/C14H19NO/c1-10(2)12-5-7-13(8-6-12)14(11(3)4)15-9-16/h5-8,10-11,14H,1-4H3. The maximum atomic E-state index is 10.4. The lowest BCUT2D eigenvalue weighted by atomic mass is 9.94. The number of carbonyl (C=O) groups excluding carboxylic acids is 1. The fourth-order valence-electron chi connectivity index (χ4n) is 1.74. The van der Waals surface area contributed by atoms with Crippen LogP contribution in [0.4, 0.5) is 0 Å². The summed E-state index contributed by atoms with van der Waals surface area (Å²) in [6.07, 6.45) is 1.66. The van der Waals surface area contributed by atoms with E-state index in [9.17, 15) is 4.79 Å². The summed E-state index contributed by atoms with van der Waals surface area (Å²) in [4.78, 5) is 14.2. The zero-order valence-corrected chi connectivity index (χ0v) is 10.4. The molecule has 1 aromatic rings. The lowest BCUT2D eigenvalue weighted by molar-refractivity contribution is 0.502. The van der Waals surface area contributed by atoms with Crippen LogP contribution in [0.5, 0.6) is 0 Å². The molecule has 0 heterocycles. The van der Waals surface area contributed by atoms with Gasteiger partial charge in [-0.2, -0.15) is 4.99 Å². The van der Waals surface area contributed by atoms with Crippen molar-refractivity contribution < 1.29 is 4.79 Å². The highest BCUT2D eigenvalue weighted by molar-refractivity contribution is 5.36. The zero-order chi connectivity index (χ0) is 12.1. The number of rotatable bonds is 4. The van der Waals surface area contributed by atoms with Crippen LogP contribution < -0.4 is 0 Å². The van der Waals surface area contributed by atoms with Crippen LogP contribution in [-0.4, -0.2) is 6.08 Å². The van der Waals surface area contributed by atoms with Crippen LogP contribution in [0.1, 0.15) is 50.8 Å². The largest absolute Gasteiger partial charge is 0.235 e. The van der Waals surface area contributed by atoms with Gasteiger partial charge in [0.05, 0.1) is 6.04 Å². The molecule has 0 saturated carbocycles. The van der Waals surface area contributed by atoms with Gasteiger partial charge in [0, 0.05) is 0 Å². The van der Waals surface area contributed by atoms with Gasteiger partial charge in [-0.3, -0.25) is 0 Å². The van der Waals surface area contributed by atoms with E-state index >= 15 is 0 Å². The van der Waals surface area contributed by atoms with Crippen molar-refractivity contribution in [2.75, 3.05) is 0 Å². The third-order valence-corrected chi connectivity index (χ3v) is 2.77. The highest BCUT2D eigenvalue weighted by Gasteiger charge is 2.14. The van der Waals surface area contributed by atoms with Gasteiger partial charge < -0.3 is 0 Å². The van der Waals surface area contributed by atoms with Gasteiger partial charge in [0.15, 0.2) is 0 Å². The molecular formula is C14H19NO. The summed E-state index contributed by atoms with van der Waals surface area (Å²) in [5.41, 5.74) is 2.39. The van der Waals surface area contributed by atoms with Crippen LogP contribution in [0.15, 0.2) is 29.3 Å². The van der Waals surface area contributed by atoms with Crippen molar-refractivity contribution in [3.63, 3.8) is 0 Å². The van der Waals surface area contributed by atoms with Gasteiger partial charge in [-0.25, -0.2) is 4.79 Å². The first-order valence-electron chi connectivity index (χ1n) is 5.73. The van der Waals surface area contributed by atoms with Gasteiger partial charge in [0.1, 0.15) is 0 Å². The van der Waals surface area contributed by atoms with E-state index in [0.29, 0.717) is 11.8 Å². The molecule has 0 amide bonds. The van der Waals surface area contributed by atoms with Crippen molar-refractivity contribution >= 4 is 6.08 Å². The molecule has 0 N–H and O–H groups in total. The summed E-state index contributed by atoms with van der Waals surface area (Å²) in [5.74, 6) is 0.840. The minimum Gasteiger partial charge on any atom is -0.211 e. The van der Waals surface area contributed by atoms with Crippen LogP contribution in [0.3, 0.4) is 0 Å². The Kier molecular flexibility index (Phi) is 4.45. The zero-order valence-electron chi connectivity index (χ0n) is 10.4. The number of nitrogens with zero attached hydrogens (tertiary/aromatic N) is 1. The highest BCUT2D eigenvalue weighted by atomic mass is 16.1. The summed E-state index contributed by atoms with van der Waals surface area (Å²) in [6, 6.07) is 8.26. The minimum absolute atomic E-state index is 0.0706. The second-order valence-corrected chi connectivity index (χ2v) is 4.73. The normalized spacial score (nSPS) is 12.6. The average molecular weight is 217 g/mol. The smallest absolute Gasteiger partial charge is 0.211 e. The quantitative estimate of drug-likeness (QED) is 0.556. The summed E-state index contributed by atoms with van der Waals surface area (Å²) < 4.78 is 0. The Morgan fingerprint density at radius 2 is 1.50 bits per heavy atom. The van der Waals surface area contributed by atoms with Crippen molar-refractivity contribution in [2.24, 2.45) is 10.9 Å². The molecule has 0 aromatic heterocycles. The molecule has 0 radical (unpaired) electrons. The van der Waals surface area contributed by atoms with Gasteiger partial charge in [0.25, 0.3) is 0 Å². The maximum Gasteiger partial charge on any atom is 0.235 e. The molecule has 0 spiro atoms. The van der Waals surface area contributed by atoms with Gasteiger partial charge in [0.2, 0.25) is 6.08 Å². The van der Waals surface area contributed by atoms with Crippen LogP contribution in [0.25, 0.3) is 0 Å². The molecule has 16 heavy (non-hydrogen) atoms. The summed E-state index contributed by atoms with van der Waals surface area (Å²) in [6.45, 7) is 8.45. The van der Waals surface area contributed by atoms with E-state index < -0.39 is 0 Å². The van der Waals surface area contributed by atoms with E-state index in [4.69, 9.17) is 0 Å². The SMILES string of the molecule is CC(C)c1ccc(C(N=C=O)C(C)C)cc1. The van der Waals surface area contributed by atoms with Gasteiger partial charge in [-0.15, -0.1) is 0 Å². The fourth-order valence-corrected chi connectivity index (χ4v) is 1.74. The van der Waals surface area contributed by atoms with Gasteiger partial charge in [-0.05, 0) is 23.0 Å². The molecule has 0 saturated heterocycles. The van der Waals surface area contributed by atoms with Crippen molar-refractivity contribution in [3.8, 4) is 0 Å². The molecule has 1 rings (SSSR count). The lowest BCUT2D eigenvalue weighted by Gasteiger charge is -2.15. The van der Waals surface area contributed by atoms with Crippen LogP contribution in [-0.2, 0) is 4.79 Å². The second-order valence-electron chi connectivity index (χ2n) is 4.73. The Hall–Kier alpha value is -1.40. The predicted octanol–water partition coefficient (Wildman–Crippen LogP) is 3.84. The van der Waals surface area contributed by atoms with E-state index in [2.05, 4.69) is 57.0 Å². The van der Waals surface area contributed by atoms with E-state index in [-0.39, 0.29) is 6.04 Å². The van der Waals surface area contributed by atoms with Gasteiger partial charge in [-0.1, -0.05) is 52.0 Å². The Labute approximate surface area is 97.4 Å². The molecular weight excluding hydrogens is 198 g/mol. The average Bonchev–Trinajstić information content (AvgIpc) is 2.25. The highest BCUT2D eigenvalue weighted by Crippen LogP contribution is 2.26. The molecule has 2 heteroatoms. The van der Waals surface area contributed by atoms with E-state index in [1.165, 1.54) is 5.56 Å². The Morgan fingerprint density at radius 1 is 1.00 bits per heavy atom. The number of aliphatic imine (C=N–C) groups is 1. The second kappa shape index (κ2) is 5.62. The number of isocyanates is 1. The summed E-state index contributed by atoms with van der Waals surface area (Å²) in [7, 11) is 0. The lowest BCUT2D eigenvalue weighted by Crippen LogP contribution is -2.04. The molecule has 1 unspecified atom stereocenters. The van der Waals surface area contributed by atoms with Crippen LogP contribution in [0, 0.1) is 5.92 Å². The Balaban J connectivity index is 2.98. The van der Waals surface area contributed by atoms with Crippen LogP contribution >= 0.6 is 0 Å². The summed E-state index contributed by atoms with van der Waals surface area (Å²) >= 11 is 0. The number of hydrogen-bond donors (Lipinski definition) is 0. The number of benzene rings is 1. The Bertz CT molecular complexity index is 372. The first-order chi connectivity index (χ1) is 7.56. The molecule has 86 valence electrons. The minimum atomic E-state index is -0.0706. The molecule has 0 aliphatic carbocycles. The topological polar surface area (TPSA) is 29.4 Å². The molecule has 0 aliphatic rings. The monoisotopic (exact) mass is 217 g/mol. The maximum absolute atomic E-state index is 10.4.